The maximum absolute atomic E-state index is 11.5. The molecule has 4 nitrogen and oxygen atoms in total. The van der Waals surface area contributed by atoms with E-state index in [1.807, 2.05) is 18.2 Å². The van der Waals surface area contributed by atoms with Crippen LogP contribution in [0.1, 0.15) is 32.6 Å². The molecule has 1 rings (SSSR count). The van der Waals surface area contributed by atoms with Gasteiger partial charge in [-0.15, -0.1) is 0 Å². The molecule has 1 amide bonds. The number of carbonyl (C=O) groups excluding carboxylic acids is 2. The van der Waals surface area contributed by atoms with Crippen molar-refractivity contribution in [3.63, 3.8) is 0 Å². The molecular formula is C14H19NO3. The molecule has 0 heterocycles. The number of hydrogen-bond acceptors (Lipinski definition) is 3. The van der Waals surface area contributed by atoms with Crippen molar-refractivity contribution < 1.29 is 14.3 Å². The van der Waals surface area contributed by atoms with Crippen molar-refractivity contribution in [2.75, 3.05) is 6.54 Å². The van der Waals surface area contributed by atoms with Gasteiger partial charge in [0.2, 0.25) is 5.91 Å². The van der Waals surface area contributed by atoms with Crippen LogP contribution in [0.5, 0.6) is 5.75 Å². The third kappa shape index (κ3) is 6.68. The second-order valence-electron chi connectivity index (χ2n) is 4.08. The zero-order valence-electron chi connectivity index (χ0n) is 10.6. The molecule has 0 saturated carbocycles. The molecule has 0 bridgehead atoms. The highest BCUT2D eigenvalue weighted by atomic mass is 16.5. The van der Waals surface area contributed by atoms with Gasteiger partial charge < -0.3 is 10.1 Å². The molecule has 0 spiro atoms. The van der Waals surface area contributed by atoms with E-state index in [-0.39, 0.29) is 11.9 Å². The Morgan fingerprint density at radius 2 is 1.83 bits per heavy atom. The van der Waals surface area contributed by atoms with Crippen molar-refractivity contribution in [2.24, 2.45) is 0 Å². The Morgan fingerprint density at radius 3 is 2.50 bits per heavy atom. The van der Waals surface area contributed by atoms with Crippen molar-refractivity contribution in [2.45, 2.75) is 32.6 Å². The molecule has 98 valence electrons. The van der Waals surface area contributed by atoms with Gasteiger partial charge in [0.25, 0.3) is 0 Å². The topological polar surface area (TPSA) is 55.4 Å². The van der Waals surface area contributed by atoms with Crippen LogP contribution in [0.15, 0.2) is 30.3 Å². The largest absolute Gasteiger partial charge is 0.427 e. The Kier molecular flexibility index (Phi) is 6.54. The van der Waals surface area contributed by atoms with E-state index in [0.29, 0.717) is 18.7 Å². The van der Waals surface area contributed by atoms with E-state index in [1.165, 1.54) is 6.92 Å². The fourth-order valence-corrected chi connectivity index (χ4v) is 1.51. The van der Waals surface area contributed by atoms with Crippen molar-refractivity contribution in [1.82, 2.24) is 5.32 Å². The third-order valence-corrected chi connectivity index (χ3v) is 2.41. The standard InChI is InChI=1S/C14H19NO3/c1-12(16)15-11-7-3-6-10-14(17)18-13-8-4-2-5-9-13/h2,4-5,8-9H,3,6-7,10-11H2,1H3,(H,15,16). The Labute approximate surface area is 107 Å². The van der Waals surface area contributed by atoms with E-state index in [2.05, 4.69) is 5.32 Å². The van der Waals surface area contributed by atoms with Gasteiger partial charge in [-0.3, -0.25) is 9.59 Å². The van der Waals surface area contributed by atoms with Crippen LogP contribution < -0.4 is 10.1 Å². The lowest BCUT2D eigenvalue weighted by atomic mass is 10.2. The first-order chi connectivity index (χ1) is 8.68. The number of esters is 1. The first kappa shape index (κ1) is 14.2. The van der Waals surface area contributed by atoms with Gasteiger partial charge >= 0.3 is 5.97 Å². The van der Waals surface area contributed by atoms with Crippen molar-refractivity contribution in [3.05, 3.63) is 30.3 Å². The number of benzene rings is 1. The molecule has 1 aromatic rings. The number of hydrogen-bond donors (Lipinski definition) is 1. The van der Waals surface area contributed by atoms with Gasteiger partial charge in [-0.05, 0) is 25.0 Å². The first-order valence-corrected chi connectivity index (χ1v) is 6.18. The molecule has 0 saturated heterocycles. The lowest BCUT2D eigenvalue weighted by Crippen LogP contribution is -2.20. The summed E-state index contributed by atoms with van der Waals surface area (Å²) in [4.78, 5) is 22.1. The third-order valence-electron chi connectivity index (χ3n) is 2.41. The predicted molar refractivity (Wildman–Crippen MR) is 69.2 cm³/mol. The van der Waals surface area contributed by atoms with Gasteiger partial charge in [0.05, 0.1) is 0 Å². The van der Waals surface area contributed by atoms with E-state index in [4.69, 9.17) is 4.74 Å². The quantitative estimate of drug-likeness (QED) is 0.458. The highest BCUT2D eigenvalue weighted by Crippen LogP contribution is 2.10. The van der Waals surface area contributed by atoms with Crippen LogP contribution >= 0.6 is 0 Å². The van der Waals surface area contributed by atoms with Crippen molar-refractivity contribution in [3.8, 4) is 5.75 Å². The van der Waals surface area contributed by atoms with Crippen LogP contribution in [0.4, 0.5) is 0 Å². The Hall–Kier alpha value is -1.84. The lowest BCUT2D eigenvalue weighted by Gasteiger charge is -2.04. The highest BCUT2D eigenvalue weighted by Gasteiger charge is 2.03. The monoisotopic (exact) mass is 249 g/mol. The Morgan fingerprint density at radius 1 is 1.11 bits per heavy atom. The summed E-state index contributed by atoms with van der Waals surface area (Å²) in [6, 6.07) is 9.05. The fourth-order valence-electron chi connectivity index (χ4n) is 1.51. The van der Waals surface area contributed by atoms with E-state index < -0.39 is 0 Å². The van der Waals surface area contributed by atoms with Crippen LogP contribution in [0.3, 0.4) is 0 Å². The molecule has 0 aliphatic rings. The van der Waals surface area contributed by atoms with Gasteiger partial charge in [0.15, 0.2) is 0 Å². The minimum atomic E-state index is -0.208. The number of carbonyl (C=O) groups is 2. The van der Waals surface area contributed by atoms with Gasteiger partial charge in [-0.2, -0.15) is 0 Å². The number of amides is 1. The van der Waals surface area contributed by atoms with Crippen LogP contribution in [0.2, 0.25) is 0 Å². The number of nitrogens with one attached hydrogen (secondary N) is 1. The van der Waals surface area contributed by atoms with Gasteiger partial charge in [-0.1, -0.05) is 24.6 Å². The van der Waals surface area contributed by atoms with E-state index in [9.17, 15) is 9.59 Å². The van der Waals surface area contributed by atoms with Crippen LogP contribution in [0, 0.1) is 0 Å². The molecule has 4 heteroatoms. The maximum atomic E-state index is 11.5. The predicted octanol–water partition coefficient (Wildman–Crippen LogP) is 2.29. The summed E-state index contributed by atoms with van der Waals surface area (Å²) >= 11 is 0. The normalized spacial score (nSPS) is 9.83. The molecule has 1 N–H and O–H groups in total. The summed E-state index contributed by atoms with van der Waals surface area (Å²) in [5, 5.41) is 2.72. The SMILES string of the molecule is CC(=O)NCCCCCC(=O)Oc1ccccc1. The van der Waals surface area contributed by atoms with Crippen LogP contribution in [-0.2, 0) is 9.59 Å². The average Bonchev–Trinajstić information content (AvgIpc) is 2.34. The smallest absolute Gasteiger partial charge is 0.311 e. The number of ether oxygens (including phenoxy) is 1. The minimum Gasteiger partial charge on any atom is -0.427 e. The average molecular weight is 249 g/mol. The Bertz CT molecular complexity index is 376. The van der Waals surface area contributed by atoms with E-state index >= 15 is 0 Å². The van der Waals surface area contributed by atoms with E-state index in [1.54, 1.807) is 12.1 Å². The molecule has 18 heavy (non-hydrogen) atoms. The molecule has 0 aliphatic heterocycles. The van der Waals surface area contributed by atoms with E-state index in [0.717, 1.165) is 19.3 Å². The summed E-state index contributed by atoms with van der Waals surface area (Å²) in [6.45, 7) is 2.17. The summed E-state index contributed by atoms with van der Waals surface area (Å²) in [7, 11) is 0. The lowest BCUT2D eigenvalue weighted by molar-refractivity contribution is -0.134. The molecule has 0 aromatic heterocycles. The molecule has 0 aliphatic carbocycles. The van der Waals surface area contributed by atoms with Crippen LogP contribution in [0.25, 0.3) is 0 Å². The molecule has 0 radical (unpaired) electrons. The van der Waals surface area contributed by atoms with Crippen LogP contribution in [-0.4, -0.2) is 18.4 Å². The fraction of sp³-hybridized carbons (Fsp3) is 0.429. The number of para-hydroxylation sites is 1. The summed E-state index contributed by atoms with van der Waals surface area (Å²) < 4.78 is 5.15. The number of unbranched alkanes of at least 4 members (excludes halogenated alkanes) is 2. The Balaban J connectivity index is 2.05. The zero-order valence-corrected chi connectivity index (χ0v) is 10.6. The number of rotatable bonds is 7. The molecule has 0 fully saturated rings. The van der Waals surface area contributed by atoms with Gasteiger partial charge in [-0.25, -0.2) is 0 Å². The van der Waals surface area contributed by atoms with Gasteiger partial charge in [0, 0.05) is 19.9 Å². The molecule has 0 atom stereocenters. The molecular weight excluding hydrogens is 230 g/mol. The second-order valence-corrected chi connectivity index (χ2v) is 4.08. The maximum Gasteiger partial charge on any atom is 0.311 e. The zero-order chi connectivity index (χ0) is 13.2. The minimum absolute atomic E-state index is 0.0153. The molecule has 1 aromatic carbocycles. The van der Waals surface area contributed by atoms with Gasteiger partial charge in [0.1, 0.15) is 5.75 Å². The highest BCUT2D eigenvalue weighted by molar-refractivity contribution is 5.72. The van der Waals surface area contributed by atoms with Crippen molar-refractivity contribution in [1.29, 1.82) is 0 Å². The summed E-state index contributed by atoms with van der Waals surface area (Å²) in [5.74, 6) is 0.361. The van der Waals surface area contributed by atoms with Crippen molar-refractivity contribution >= 4 is 11.9 Å². The second kappa shape index (κ2) is 8.28. The first-order valence-electron chi connectivity index (χ1n) is 6.18. The summed E-state index contributed by atoms with van der Waals surface area (Å²) in [5.41, 5.74) is 0. The summed E-state index contributed by atoms with van der Waals surface area (Å²) in [6.07, 6.45) is 2.99. The molecule has 0 unspecified atom stereocenters.